The summed E-state index contributed by atoms with van der Waals surface area (Å²) in [5.74, 6) is -0.966. The third-order valence-electron chi connectivity index (χ3n) is 2.78. The zero-order valence-electron chi connectivity index (χ0n) is 8.64. The van der Waals surface area contributed by atoms with E-state index in [0.717, 1.165) is 6.26 Å². The van der Waals surface area contributed by atoms with Crippen LogP contribution in [0.3, 0.4) is 0 Å². The van der Waals surface area contributed by atoms with Crippen molar-refractivity contribution >= 4 is 31.9 Å². The van der Waals surface area contributed by atoms with Crippen LogP contribution >= 0.6 is 15.9 Å². The number of carboxylic acid groups (broad SMARTS) is 1. The molecule has 0 saturated heterocycles. The second kappa shape index (κ2) is 4.11. The highest BCUT2D eigenvalue weighted by molar-refractivity contribution is 9.10. The molecule has 0 atom stereocenters. The lowest BCUT2D eigenvalue weighted by Gasteiger charge is -2.10. The van der Waals surface area contributed by atoms with Gasteiger partial charge in [0.2, 0.25) is 10.0 Å². The fourth-order valence-electron chi connectivity index (χ4n) is 1.39. The molecule has 1 aromatic rings. The van der Waals surface area contributed by atoms with Gasteiger partial charge in [-0.05, 0) is 28.8 Å². The van der Waals surface area contributed by atoms with E-state index in [-0.39, 0.29) is 11.4 Å². The number of sulfonamides is 1. The van der Waals surface area contributed by atoms with Crippen LogP contribution in [0.5, 0.6) is 0 Å². The number of hydrogen-bond acceptors (Lipinski definition) is 4. The van der Waals surface area contributed by atoms with Crippen LogP contribution in [0.4, 0.5) is 0 Å². The Morgan fingerprint density at radius 2 is 2.18 bits per heavy atom. The Morgan fingerprint density at radius 3 is 2.59 bits per heavy atom. The monoisotopic (exact) mass is 323 g/mol. The zero-order chi connectivity index (χ0) is 12.7. The summed E-state index contributed by atoms with van der Waals surface area (Å²) in [5.41, 5.74) is -0.927. The summed E-state index contributed by atoms with van der Waals surface area (Å²) >= 11 is 3.04. The zero-order valence-corrected chi connectivity index (χ0v) is 11.0. The standard InChI is InChI=1S/C9H10BrNO5S/c10-6-3-16-4-7(6)17(14,15)11-5-9(1-2-9)8(12)13/h3-4,11H,1-2,5H2,(H,12,13). The largest absolute Gasteiger partial charge is 0.481 e. The number of carbonyl (C=O) groups is 1. The van der Waals surface area contributed by atoms with Gasteiger partial charge in [-0.1, -0.05) is 0 Å². The normalized spacial score (nSPS) is 17.9. The highest BCUT2D eigenvalue weighted by atomic mass is 79.9. The van der Waals surface area contributed by atoms with Crippen LogP contribution in [0, 0.1) is 5.41 Å². The average molecular weight is 324 g/mol. The Hall–Kier alpha value is -0.860. The third kappa shape index (κ3) is 2.38. The van der Waals surface area contributed by atoms with Crippen LogP contribution in [0.2, 0.25) is 0 Å². The number of rotatable bonds is 5. The van der Waals surface area contributed by atoms with Crippen molar-refractivity contribution in [3.05, 3.63) is 17.0 Å². The van der Waals surface area contributed by atoms with Gasteiger partial charge in [-0.25, -0.2) is 13.1 Å². The van der Waals surface area contributed by atoms with Gasteiger partial charge in [0.25, 0.3) is 0 Å². The molecule has 1 aliphatic rings. The number of aliphatic carboxylic acids is 1. The summed E-state index contributed by atoms with van der Waals surface area (Å²) in [4.78, 5) is 10.9. The number of hydrogen-bond donors (Lipinski definition) is 2. The molecule has 0 radical (unpaired) electrons. The minimum Gasteiger partial charge on any atom is -0.481 e. The van der Waals surface area contributed by atoms with Crippen molar-refractivity contribution < 1.29 is 22.7 Å². The van der Waals surface area contributed by atoms with E-state index in [1.165, 1.54) is 6.26 Å². The highest BCUT2D eigenvalue weighted by Crippen LogP contribution is 2.45. The molecule has 2 rings (SSSR count). The molecule has 6 nitrogen and oxygen atoms in total. The molecule has 0 amide bonds. The van der Waals surface area contributed by atoms with E-state index in [2.05, 4.69) is 20.7 Å². The topological polar surface area (TPSA) is 96.6 Å². The van der Waals surface area contributed by atoms with E-state index >= 15 is 0 Å². The van der Waals surface area contributed by atoms with Crippen molar-refractivity contribution in [1.29, 1.82) is 0 Å². The van der Waals surface area contributed by atoms with E-state index in [4.69, 9.17) is 9.52 Å². The Kier molecular flexibility index (Phi) is 3.04. The lowest BCUT2D eigenvalue weighted by Crippen LogP contribution is -2.34. The van der Waals surface area contributed by atoms with E-state index < -0.39 is 21.4 Å². The molecule has 1 aromatic heterocycles. The number of nitrogens with one attached hydrogen (secondary N) is 1. The van der Waals surface area contributed by atoms with Gasteiger partial charge in [0, 0.05) is 6.54 Å². The smallest absolute Gasteiger partial charge is 0.310 e. The van der Waals surface area contributed by atoms with Gasteiger partial charge in [0.05, 0.1) is 9.89 Å². The quantitative estimate of drug-likeness (QED) is 0.848. The minimum absolute atomic E-state index is 0.0290. The van der Waals surface area contributed by atoms with E-state index in [0.29, 0.717) is 17.3 Å². The van der Waals surface area contributed by atoms with E-state index in [9.17, 15) is 13.2 Å². The maximum absolute atomic E-state index is 11.8. The molecule has 1 saturated carbocycles. The Bertz CT molecular complexity index is 545. The molecule has 0 aliphatic heterocycles. The van der Waals surface area contributed by atoms with Gasteiger partial charge >= 0.3 is 5.97 Å². The summed E-state index contributed by atoms with van der Waals surface area (Å²) in [6, 6.07) is 0. The lowest BCUT2D eigenvalue weighted by atomic mass is 10.1. The van der Waals surface area contributed by atoms with Gasteiger partial charge < -0.3 is 9.52 Å². The van der Waals surface area contributed by atoms with Crippen LogP contribution in [0.15, 0.2) is 26.3 Å². The molecule has 94 valence electrons. The first-order chi connectivity index (χ1) is 7.87. The highest BCUT2D eigenvalue weighted by Gasteiger charge is 2.50. The van der Waals surface area contributed by atoms with Gasteiger partial charge in [0.1, 0.15) is 17.4 Å². The Morgan fingerprint density at radius 1 is 1.53 bits per heavy atom. The first-order valence-electron chi connectivity index (χ1n) is 4.82. The van der Waals surface area contributed by atoms with Gasteiger partial charge in [-0.15, -0.1) is 0 Å². The van der Waals surface area contributed by atoms with Crippen molar-refractivity contribution in [2.24, 2.45) is 5.41 Å². The summed E-state index contributed by atoms with van der Waals surface area (Å²) in [6.45, 7) is -0.0950. The lowest BCUT2D eigenvalue weighted by molar-refractivity contribution is -0.143. The van der Waals surface area contributed by atoms with Gasteiger partial charge in [-0.2, -0.15) is 0 Å². The van der Waals surface area contributed by atoms with Crippen LogP contribution < -0.4 is 4.72 Å². The van der Waals surface area contributed by atoms with Crippen molar-refractivity contribution in [1.82, 2.24) is 4.72 Å². The van der Waals surface area contributed by atoms with Crippen molar-refractivity contribution in [3.63, 3.8) is 0 Å². The molecular formula is C9H10BrNO5S. The summed E-state index contributed by atoms with van der Waals surface area (Å²) in [7, 11) is -3.73. The second-order valence-electron chi connectivity index (χ2n) is 3.99. The van der Waals surface area contributed by atoms with E-state index in [1.54, 1.807) is 0 Å². The molecule has 1 heterocycles. The molecule has 0 bridgehead atoms. The number of furan rings is 1. The molecule has 0 aromatic carbocycles. The molecule has 1 aliphatic carbocycles. The predicted octanol–water partition coefficient (Wildman–Crippen LogP) is 1.19. The summed E-state index contributed by atoms with van der Waals surface area (Å²) in [6.07, 6.45) is 3.33. The van der Waals surface area contributed by atoms with Gasteiger partial charge in [-0.3, -0.25) is 4.79 Å². The van der Waals surface area contributed by atoms with Crippen LogP contribution in [0.1, 0.15) is 12.8 Å². The third-order valence-corrected chi connectivity index (χ3v) is 5.08. The first kappa shape index (κ1) is 12.6. The Balaban J connectivity index is 2.10. The molecule has 1 fully saturated rings. The SMILES string of the molecule is O=C(O)C1(CNS(=O)(=O)c2cocc2Br)CC1. The van der Waals surface area contributed by atoms with Crippen LogP contribution in [-0.2, 0) is 14.8 Å². The fourth-order valence-corrected chi connectivity index (χ4v) is 3.34. The molecular weight excluding hydrogens is 314 g/mol. The minimum atomic E-state index is -3.73. The second-order valence-corrected chi connectivity index (χ2v) is 6.58. The van der Waals surface area contributed by atoms with E-state index in [1.807, 2.05) is 0 Å². The number of carboxylic acids is 1. The summed E-state index contributed by atoms with van der Waals surface area (Å²) in [5, 5.41) is 8.92. The molecule has 17 heavy (non-hydrogen) atoms. The van der Waals surface area contributed by atoms with Crippen LogP contribution in [0.25, 0.3) is 0 Å². The molecule has 8 heteroatoms. The van der Waals surface area contributed by atoms with Crippen molar-refractivity contribution in [2.75, 3.05) is 6.54 Å². The maximum Gasteiger partial charge on any atom is 0.310 e. The van der Waals surface area contributed by atoms with Crippen molar-refractivity contribution in [2.45, 2.75) is 17.7 Å². The number of halogens is 1. The average Bonchev–Trinajstić information content (AvgIpc) is 2.92. The van der Waals surface area contributed by atoms with Crippen LogP contribution in [-0.4, -0.2) is 26.0 Å². The van der Waals surface area contributed by atoms with Crippen molar-refractivity contribution in [3.8, 4) is 0 Å². The van der Waals surface area contributed by atoms with Gasteiger partial charge in [0.15, 0.2) is 0 Å². The maximum atomic E-state index is 11.8. The summed E-state index contributed by atoms with van der Waals surface area (Å²) < 4.78 is 31.0. The molecule has 0 spiro atoms. The Labute approximate surface area is 106 Å². The first-order valence-corrected chi connectivity index (χ1v) is 7.10. The molecule has 2 N–H and O–H groups in total. The fraction of sp³-hybridized carbons (Fsp3) is 0.444. The predicted molar refractivity (Wildman–Crippen MR) is 60.9 cm³/mol. The molecule has 0 unspecified atom stereocenters.